The lowest BCUT2D eigenvalue weighted by Crippen LogP contribution is -2.39. The third-order valence-corrected chi connectivity index (χ3v) is 8.00. The summed E-state index contributed by atoms with van der Waals surface area (Å²) < 4.78 is 66.7. The minimum absolute atomic E-state index is 0.130. The number of alkyl halides is 3. The van der Waals surface area contributed by atoms with Crippen LogP contribution in [0.15, 0.2) is 41.4 Å². The Morgan fingerprint density at radius 3 is 2.67 bits per heavy atom. The first-order valence-electron chi connectivity index (χ1n) is 10.2. The lowest BCUT2D eigenvalue weighted by Gasteiger charge is -2.32. The third-order valence-electron chi connectivity index (χ3n) is 5.32. The molecule has 0 bridgehead atoms. The number of aromatic nitrogens is 3. The highest BCUT2D eigenvalue weighted by atomic mass is 32.2. The van der Waals surface area contributed by atoms with Crippen molar-refractivity contribution in [1.82, 2.24) is 19.3 Å². The van der Waals surface area contributed by atoms with Gasteiger partial charge in [-0.05, 0) is 44.9 Å². The second kappa shape index (κ2) is 8.99. The Morgan fingerprint density at radius 2 is 1.97 bits per heavy atom. The topological polar surface area (TPSA) is 88.1 Å². The minimum Gasteiger partial charge on any atom is -0.316 e. The molecule has 0 amide bonds. The molecule has 33 heavy (non-hydrogen) atoms. The van der Waals surface area contributed by atoms with Gasteiger partial charge in [-0.1, -0.05) is 6.07 Å². The standard InChI is InChI=1S/C21H22F3N5O2S2/c1-13-11-25-20(32-13)28-19-10-18(26-14(2)27-19)15-5-4-8-29(12-15)33(30,31)17-7-3-6-16(9-17)21(22,23)24/h3,6-7,9-11,15H,4-5,8,12H2,1-2H3,(H,25,26,27,28). The van der Waals surface area contributed by atoms with Gasteiger partial charge in [-0.3, -0.25) is 0 Å². The highest BCUT2D eigenvalue weighted by molar-refractivity contribution is 7.89. The van der Waals surface area contributed by atoms with E-state index >= 15 is 0 Å². The van der Waals surface area contributed by atoms with Gasteiger partial charge in [-0.25, -0.2) is 23.4 Å². The van der Waals surface area contributed by atoms with Gasteiger partial charge in [-0.15, -0.1) is 11.3 Å². The zero-order valence-corrected chi connectivity index (χ0v) is 19.6. The molecule has 1 N–H and O–H groups in total. The molecule has 1 unspecified atom stereocenters. The number of anilines is 2. The Hall–Kier alpha value is -2.57. The normalized spacial score (nSPS) is 17.8. The van der Waals surface area contributed by atoms with Crippen LogP contribution in [0.25, 0.3) is 0 Å². The molecule has 1 aromatic carbocycles. The second-order valence-electron chi connectivity index (χ2n) is 7.85. The van der Waals surface area contributed by atoms with Crippen molar-refractivity contribution in [2.24, 2.45) is 0 Å². The maximum absolute atomic E-state index is 13.1. The zero-order chi connectivity index (χ0) is 23.8. The van der Waals surface area contributed by atoms with Crippen molar-refractivity contribution in [1.29, 1.82) is 0 Å². The molecule has 0 spiro atoms. The van der Waals surface area contributed by atoms with Crippen LogP contribution in [0.1, 0.15) is 40.7 Å². The van der Waals surface area contributed by atoms with E-state index in [1.807, 2.05) is 6.92 Å². The number of nitrogens with zero attached hydrogens (tertiary/aromatic N) is 4. The van der Waals surface area contributed by atoms with Crippen molar-refractivity contribution in [2.75, 3.05) is 18.4 Å². The summed E-state index contributed by atoms with van der Waals surface area (Å²) in [4.78, 5) is 13.8. The summed E-state index contributed by atoms with van der Waals surface area (Å²) in [7, 11) is -4.09. The quantitative estimate of drug-likeness (QED) is 0.541. The van der Waals surface area contributed by atoms with Gasteiger partial charge in [0.1, 0.15) is 11.6 Å². The average molecular weight is 498 g/mol. The van der Waals surface area contributed by atoms with E-state index in [2.05, 4.69) is 20.3 Å². The number of nitrogens with one attached hydrogen (secondary N) is 1. The van der Waals surface area contributed by atoms with Crippen LogP contribution in [0.5, 0.6) is 0 Å². The molecular weight excluding hydrogens is 475 g/mol. The Morgan fingerprint density at radius 1 is 1.18 bits per heavy atom. The van der Waals surface area contributed by atoms with Gasteiger partial charge in [0, 0.05) is 36.1 Å². The molecule has 0 saturated carbocycles. The van der Waals surface area contributed by atoms with E-state index in [4.69, 9.17) is 0 Å². The Kier molecular flexibility index (Phi) is 6.43. The Labute approximate surface area is 193 Å². The molecule has 12 heteroatoms. The van der Waals surface area contributed by atoms with E-state index in [0.717, 1.165) is 17.0 Å². The summed E-state index contributed by atoms with van der Waals surface area (Å²) in [6, 6.07) is 5.63. The summed E-state index contributed by atoms with van der Waals surface area (Å²) in [6.07, 6.45) is -1.59. The lowest BCUT2D eigenvalue weighted by atomic mass is 9.96. The van der Waals surface area contributed by atoms with Gasteiger partial charge in [-0.2, -0.15) is 17.5 Å². The number of piperidine rings is 1. The van der Waals surface area contributed by atoms with Crippen molar-refractivity contribution in [3.05, 3.63) is 58.5 Å². The van der Waals surface area contributed by atoms with Gasteiger partial charge < -0.3 is 5.32 Å². The average Bonchev–Trinajstić information content (AvgIpc) is 3.17. The van der Waals surface area contributed by atoms with Crippen LogP contribution in [0.3, 0.4) is 0 Å². The van der Waals surface area contributed by atoms with Crippen LogP contribution in [0.4, 0.5) is 24.1 Å². The highest BCUT2D eigenvalue weighted by Gasteiger charge is 2.35. The van der Waals surface area contributed by atoms with Crippen molar-refractivity contribution < 1.29 is 21.6 Å². The minimum atomic E-state index is -4.62. The molecule has 3 aromatic rings. The molecule has 1 aliphatic rings. The maximum Gasteiger partial charge on any atom is 0.416 e. The molecule has 2 aromatic heterocycles. The van der Waals surface area contributed by atoms with E-state index in [1.54, 1.807) is 19.2 Å². The number of hydrogen-bond acceptors (Lipinski definition) is 7. The largest absolute Gasteiger partial charge is 0.416 e. The number of sulfonamides is 1. The van der Waals surface area contributed by atoms with Gasteiger partial charge in [0.15, 0.2) is 5.13 Å². The Bertz CT molecular complexity index is 1260. The molecule has 7 nitrogen and oxygen atoms in total. The molecule has 1 fully saturated rings. The second-order valence-corrected chi connectivity index (χ2v) is 11.0. The molecular formula is C21H22F3N5O2S2. The fourth-order valence-corrected chi connectivity index (χ4v) is 6.01. The predicted octanol–water partition coefficient (Wildman–Crippen LogP) is 4.88. The summed E-state index contributed by atoms with van der Waals surface area (Å²) in [6.45, 7) is 4.07. The first-order valence-corrected chi connectivity index (χ1v) is 12.5. The van der Waals surface area contributed by atoms with Gasteiger partial charge in [0.05, 0.1) is 16.2 Å². The van der Waals surface area contributed by atoms with E-state index in [0.29, 0.717) is 41.4 Å². The van der Waals surface area contributed by atoms with E-state index in [1.165, 1.54) is 21.7 Å². The van der Waals surface area contributed by atoms with Crippen LogP contribution in [0, 0.1) is 13.8 Å². The monoisotopic (exact) mass is 497 g/mol. The maximum atomic E-state index is 13.1. The molecule has 4 rings (SSSR count). The van der Waals surface area contributed by atoms with E-state index < -0.39 is 21.8 Å². The van der Waals surface area contributed by atoms with Crippen LogP contribution in [-0.2, 0) is 16.2 Å². The van der Waals surface area contributed by atoms with E-state index in [-0.39, 0.29) is 23.9 Å². The molecule has 1 saturated heterocycles. The number of hydrogen-bond donors (Lipinski definition) is 1. The van der Waals surface area contributed by atoms with E-state index in [9.17, 15) is 21.6 Å². The SMILES string of the molecule is Cc1nc(Nc2ncc(C)s2)cc(C2CCCN(S(=O)(=O)c3cccc(C(F)(F)F)c3)C2)n1. The van der Waals surface area contributed by atoms with Crippen molar-refractivity contribution in [2.45, 2.75) is 43.7 Å². The highest BCUT2D eigenvalue weighted by Crippen LogP contribution is 2.34. The fraction of sp³-hybridized carbons (Fsp3) is 0.381. The van der Waals surface area contributed by atoms with Crippen molar-refractivity contribution >= 4 is 32.3 Å². The number of thiazole rings is 1. The van der Waals surface area contributed by atoms with Crippen LogP contribution < -0.4 is 5.32 Å². The first-order chi connectivity index (χ1) is 15.5. The number of rotatable bonds is 5. The Balaban J connectivity index is 1.57. The predicted molar refractivity (Wildman–Crippen MR) is 119 cm³/mol. The zero-order valence-electron chi connectivity index (χ0n) is 17.9. The number of aryl methyl sites for hydroxylation is 2. The molecule has 1 aliphatic heterocycles. The third kappa shape index (κ3) is 5.33. The smallest absolute Gasteiger partial charge is 0.316 e. The molecule has 0 aliphatic carbocycles. The summed E-state index contributed by atoms with van der Waals surface area (Å²) >= 11 is 1.48. The van der Waals surface area contributed by atoms with Gasteiger partial charge >= 0.3 is 6.18 Å². The fourth-order valence-electron chi connectivity index (χ4n) is 3.77. The molecule has 1 atom stereocenters. The van der Waals surface area contributed by atoms with Crippen LogP contribution >= 0.6 is 11.3 Å². The number of benzene rings is 1. The van der Waals surface area contributed by atoms with Crippen LogP contribution in [0.2, 0.25) is 0 Å². The molecule has 0 radical (unpaired) electrons. The first kappa shape index (κ1) is 23.6. The van der Waals surface area contributed by atoms with Crippen molar-refractivity contribution in [3.63, 3.8) is 0 Å². The van der Waals surface area contributed by atoms with Crippen LogP contribution in [-0.4, -0.2) is 40.8 Å². The molecule has 3 heterocycles. The van der Waals surface area contributed by atoms with Crippen molar-refractivity contribution in [3.8, 4) is 0 Å². The van der Waals surface area contributed by atoms with Gasteiger partial charge in [0.2, 0.25) is 10.0 Å². The molecule has 176 valence electrons. The summed E-state index contributed by atoms with van der Waals surface area (Å²) in [5.74, 6) is 0.880. The van der Waals surface area contributed by atoms with Gasteiger partial charge in [0.25, 0.3) is 0 Å². The lowest BCUT2D eigenvalue weighted by molar-refractivity contribution is -0.137. The summed E-state index contributed by atoms with van der Waals surface area (Å²) in [5.41, 5.74) is -0.307. The summed E-state index contributed by atoms with van der Waals surface area (Å²) in [5, 5.41) is 3.84. The number of halogens is 3.